The van der Waals surface area contributed by atoms with Crippen LogP contribution in [-0.2, 0) is 4.79 Å². The minimum absolute atomic E-state index is 0.368. The van der Waals surface area contributed by atoms with Gasteiger partial charge < -0.3 is 5.32 Å². The van der Waals surface area contributed by atoms with Gasteiger partial charge in [0.1, 0.15) is 0 Å². The molecule has 4 aliphatic rings. The third-order valence-electron chi connectivity index (χ3n) is 5.70. The molecule has 0 unspecified atom stereocenters. The van der Waals surface area contributed by atoms with Gasteiger partial charge >= 0.3 is 0 Å². The Morgan fingerprint density at radius 3 is 2.56 bits per heavy atom. The zero-order valence-corrected chi connectivity index (χ0v) is 9.82. The van der Waals surface area contributed by atoms with Gasteiger partial charge in [0.05, 0.1) is 0 Å². The second-order valence-electron chi connectivity index (χ2n) is 6.54. The topological polar surface area (TPSA) is 29.1 Å². The summed E-state index contributed by atoms with van der Waals surface area (Å²) in [5, 5.41) is 3.35. The van der Waals surface area contributed by atoms with Crippen molar-refractivity contribution in [1.82, 2.24) is 5.32 Å². The summed E-state index contributed by atoms with van der Waals surface area (Å²) in [5.74, 6) is 4.58. The maximum Gasteiger partial charge on any atom is 0.223 e. The maximum atomic E-state index is 11.8. The average molecular weight is 219 g/mol. The lowest BCUT2D eigenvalue weighted by atomic mass is 9.79. The van der Waals surface area contributed by atoms with Gasteiger partial charge in [-0.05, 0) is 62.2 Å². The summed E-state index contributed by atoms with van der Waals surface area (Å²) in [7, 11) is 0. The molecule has 0 spiro atoms. The Hall–Kier alpha value is -0.530. The standard InChI is InChI=1S/C14H21NO/c16-14(8-4-5-8)15-13-7-9-6-12(13)11-3-1-2-10(9)11/h8-13H,1-7H2,(H,15,16)/t9-,10-,11-,12-,13-/m1/s1. The second-order valence-corrected chi connectivity index (χ2v) is 6.54. The third-order valence-corrected chi connectivity index (χ3v) is 5.70. The molecule has 0 radical (unpaired) electrons. The fraction of sp³-hybridized carbons (Fsp3) is 0.929. The van der Waals surface area contributed by atoms with Crippen LogP contribution in [-0.4, -0.2) is 11.9 Å². The predicted molar refractivity (Wildman–Crippen MR) is 61.7 cm³/mol. The van der Waals surface area contributed by atoms with Crippen molar-refractivity contribution >= 4 is 5.91 Å². The molecule has 2 nitrogen and oxygen atoms in total. The summed E-state index contributed by atoms with van der Waals surface area (Å²) in [6, 6.07) is 0.553. The number of hydrogen-bond donors (Lipinski definition) is 1. The third kappa shape index (κ3) is 1.28. The molecule has 88 valence electrons. The normalized spacial score (nSPS) is 49.4. The fourth-order valence-corrected chi connectivity index (χ4v) is 4.88. The first kappa shape index (κ1) is 9.49. The zero-order valence-electron chi connectivity index (χ0n) is 9.82. The average Bonchev–Trinajstić information content (AvgIpc) is 2.73. The SMILES string of the molecule is O=C(N[C@@H]1C[C@H]2C[C@@H]1[C@@H]1CCC[C@H]21)C1CC1. The van der Waals surface area contributed by atoms with E-state index in [4.69, 9.17) is 0 Å². The molecule has 0 heterocycles. The van der Waals surface area contributed by atoms with E-state index in [1.807, 2.05) is 0 Å². The Balaban J connectivity index is 1.45. The van der Waals surface area contributed by atoms with Crippen LogP contribution in [0, 0.1) is 29.6 Å². The van der Waals surface area contributed by atoms with Crippen molar-refractivity contribution < 1.29 is 4.79 Å². The van der Waals surface area contributed by atoms with Crippen molar-refractivity contribution in [1.29, 1.82) is 0 Å². The number of carbonyl (C=O) groups excluding carboxylic acids is 1. The summed E-state index contributed by atoms with van der Waals surface area (Å²) >= 11 is 0. The van der Waals surface area contributed by atoms with Crippen LogP contribution in [0.25, 0.3) is 0 Å². The van der Waals surface area contributed by atoms with Gasteiger partial charge in [-0.1, -0.05) is 6.42 Å². The largest absolute Gasteiger partial charge is 0.353 e. The van der Waals surface area contributed by atoms with Gasteiger partial charge in [-0.15, -0.1) is 0 Å². The summed E-state index contributed by atoms with van der Waals surface area (Å²) < 4.78 is 0. The van der Waals surface area contributed by atoms with Gasteiger partial charge in [-0.3, -0.25) is 4.79 Å². The van der Waals surface area contributed by atoms with E-state index in [0.717, 1.165) is 36.5 Å². The quantitative estimate of drug-likeness (QED) is 0.759. The van der Waals surface area contributed by atoms with Gasteiger partial charge in [0.15, 0.2) is 0 Å². The molecule has 0 aromatic heterocycles. The highest BCUT2D eigenvalue weighted by Gasteiger charge is 2.54. The Bertz CT molecular complexity index is 323. The smallest absolute Gasteiger partial charge is 0.223 e. The monoisotopic (exact) mass is 219 g/mol. The summed E-state index contributed by atoms with van der Waals surface area (Å²) in [4.78, 5) is 11.8. The molecule has 4 saturated carbocycles. The molecule has 0 saturated heterocycles. The minimum atomic E-state index is 0.368. The van der Waals surface area contributed by atoms with Crippen LogP contribution in [0.4, 0.5) is 0 Å². The van der Waals surface area contributed by atoms with Crippen molar-refractivity contribution in [2.75, 3.05) is 0 Å². The van der Waals surface area contributed by atoms with E-state index in [1.54, 1.807) is 0 Å². The maximum absolute atomic E-state index is 11.8. The lowest BCUT2D eigenvalue weighted by Crippen LogP contribution is -2.43. The highest BCUT2D eigenvalue weighted by atomic mass is 16.2. The molecular formula is C14H21NO. The first-order valence-electron chi connectivity index (χ1n) is 7.13. The van der Waals surface area contributed by atoms with Gasteiger partial charge in [0.2, 0.25) is 5.91 Å². The van der Waals surface area contributed by atoms with Crippen LogP contribution in [0.1, 0.15) is 44.9 Å². The van der Waals surface area contributed by atoms with Gasteiger partial charge in [0, 0.05) is 12.0 Å². The van der Waals surface area contributed by atoms with E-state index < -0.39 is 0 Å². The van der Waals surface area contributed by atoms with Crippen molar-refractivity contribution in [3.8, 4) is 0 Å². The Kier molecular flexibility index (Phi) is 1.92. The molecule has 0 aliphatic heterocycles. The van der Waals surface area contributed by atoms with Crippen LogP contribution in [0.2, 0.25) is 0 Å². The van der Waals surface area contributed by atoms with Crippen molar-refractivity contribution in [3.05, 3.63) is 0 Å². The lowest BCUT2D eigenvalue weighted by molar-refractivity contribution is -0.123. The van der Waals surface area contributed by atoms with Crippen molar-refractivity contribution in [3.63, 3.8) is 0 Å². The molecule has 0 aromatic carbocycles. The second kappa shape index (κ2) is 3.24. The Labute approximate surface area is 97.2 Å². The summed E-state index contributed by atoms with van der Waals surface area (Å²) in [6.07, 6.45) is 9.37. The van der Waals surface area contributed by atoms with Crippen LogP contribution >= 0.6 is 0 Å². The molecule has 1 N–H and O–H groups in total. The van der Waals surface area contributed by atoms with Crippen LogP contribution < -0.4 is 5.32 Å². The fourth-order valence-electron chi connectivity index (χ4n) is 4.88. The summed E-state index contributed by atoms with van der Waals surface area (Å²) in [6.45, 7) is 0. The molecule has 4 fully saturated rings. The van der Waals surface area contributed by atoms with Gasteiger partial charge in [0.25, 0.3) is 0 Å². The van der Waals surface area contributed by atoms with Crippen LogP contribution in [0.3, 0.4) is 0 Å². The number of amides is 1. The van der Waals surface area contributed by atoms with E-state index in [-0.39, 0.29) is 0 Å². The molecular weight excluding hydrogens is 198 g/mol. The van der Waals surface area contributed by atoms with Crippen LogP contribution in [0.5, 0.6) is 0 Å². The van der Waals surface area contributed by atoms with Gasteiger partial charge in [-0.25, -0.2) is 0 Å². The van der Waals surface area contributed by atoms with Crippen LogP contribution in [0.15, 0.2) is 0 Å². The Morgan fingerprint density at radius 2 is 1.75 bits per heavy atom. The minimum Gasteiger partial charge on any atom is -0.353 e. The predicted octanol–water partition coefficient (Wildman–Crippen LogP) is 2.34. The van der Waals surface area contributed by atoms with E-state index in [9.17, 15) is 4.79 Å². The van der Waals surface area contributed by atoms with E-state index in [0.29, 0.717) is 17.9 Å². The molecule has 4 rings (SSSR count). The number of carbonyl (C=O) groups is 1. The van der Waals surface area contributed by atoms with Crippen molar-refractivity contribution in [2.24, 2.45) is 29.6 Å². The molecule has 5 atom stereocenters. The molecule has 2 heteroatoms. The van der Waals surface area contributed by atoms with Crippen molar-refractivity contribution in [2.45, 2.75) is 51.0 Å². The number of hydrogen-bond acceptors (Lipinski definition) is 1. The summed E-state index contributed by atoms with van der Waals surface area (Å²) in [5.41, 5.74) is 0. The van der Waals surface area contributed by atoms with E-state index in [1.165, 1.54) is 32.1 Å². The van der Waals surface area contributed by atoms with E-state index >= 15 is 0 Å². The number of rotatable bonds is 2. The number of fused-ring (bicyclic) bond motifs is 5. The molecule has 16 heavy (non-hydrogen) atoms. The molecule has 2 bridgehead atoms. The first-order valence-corrected chi connectivity index (χ1v) is 7.13. The lowest BCUT2D eigenvalue weighted by Gasteiger charge is -2.32. The molecule has 4 aliphatic carbocycles. The first-order chi connectivity index (χ1) is 7.83. The highest BCUT2D eigenvalue weighted by molar-refractivity contribution is 5.81. The Morgan fingerprint density at radius 1 is 0.938 bits per heavy atom. The van der Waals surface area contributed by atoms with Gasteiger partial charge in [-0.2, -0.15) is 0 Å². The highest BCUT2D eigenvalue weighted by Crippen LogP contribution is 2.58. The molecule has 1 amide bonds. The zero-order chi connectivity index (χ0) is 10.7. The molecule has 0 aromatic rings. The van der Waals surface area contributed by atoms with E-state index in [2.05, 4.69) is 5.32 Å². The number of nitrogens with one attached hydrogen (secondary N) is 1.